The van der Waals surface area contributed by atoms with Gasteiger partial charge in [-0.1, -0.05) is 13.8 Å². The molecule has 0 fully saturated rings. The van der Waals surface area contributed by atoms with Crippen molar-refractivity contribution in [3.63, 3.8) is 0 Å². The summed E-state index contributed by atoms with van der Waals surface area (Å²) in [6.45, 7) is 5.98. The average molecular weight is 504 g/mol. The van der Waals surface area contributed by atoms with Gasteiger partial charge in [-0.05, 0) is 68.6 Å². The van der Waals surface area contributed by atoms with Crippen LogP contribution in [0.1, 0.15) is 43.0 Å². The molecule has 182 valence electrons. The third-order valence-corrected chi connectivity index (χ3v) is 8.30. The standard InChI is InChI=1S/C23H29N5O4S2/c1-3-27(4-2)13-19-26-22-21(17-7-5-6-8-18(17)33-22)23(30)28(19)14-20(29)25-15-9-11-16(12-10-15)34(24,31)32/h9-12H,3-8,13-14H2,1-2H3,(H,25,29)(H2,24,31,32). The number of rotatable bonds is 8. The molecule has 0 radical (unpaired) electrons. The lowest BCUT2D eigenvalue weighted by atomic mass is 9.97. The molecule has 0 unspecified atom stereocenters. The van der Waals surface area contributed by atoms with Gasteiger partial charge in [-0.3, -0.25) is 19.1 Å². The molecule has 4 rings (SSSR count). The van der Waals surface area contributed by atoms with Crippen LogP contribution in [0.5, 0.6) is 0 Å². The number of carbonyl (C=O) groups is 1. The SMILES string of the molecule is CCN(CC)Cc1nc2sc3c(c2c(=O)n1CC(=O)Nc1ccc(S(N)(=O)=O)cc1)CCCC3. The highest BCUT2D eigenvalue weighted by molar-refractivity contribution is 7.89. The Morgan fingerprint density at radius 3 is 2.50 bits per heavy atom. The Labute approximate surface area is 202 Å². The molecule has 1 aromatic carbocycles. The van der Waals surface area contributed by atoms with E-state index >= 15 is 0 Å². The van der Waals surface area contributed by atoms with Gasteiger partial charge in [0.15, 0.2) is 0 Å². The number of primary sulfonamides is 1. The predicted molar refractivity (Wildman–Crippen MR) is 134 cm³/mol. The Bertz CT molecular complexity index is 1370. The number of anilines is 1. The zero-order valence-corrected chi connectivity index (χ0v) is 21.0. The Morgan fingerprint density at radius 1 is 1.18 bits per heavy atom. The number of amides is 1. The van der Waals surface area contributed by atoms with Gasteiger partial charge in [0.1, 0.15) is 17.2 Å². The number of benzene rings is 1. The summed E-state index contributed by atoms with van der Waals surface area (Å²) < 4.78 is 24.4. The second-order valence-electron chi connectivity index (χ2n) is 8.39. The van der Waals surface area contributed by atoms with Crippen molar-refractivity contribution in [1.29, 1.82) is 0 Å². The van der Waals surface area contributed by atoms with Crippen molar-refractivity contribution in [3.8, 4) is 0 Å². The van der Waals surface area contributed by atoms with Gasteiger partial charge in [0.05, 0.1) is 16.8 Å². The molecule has 2 aromatic heterocycles. The van der Waals surface area contributed by atoms with E-state index in [0.29, 0.717) is 23.4 Å². The Balaban J connectivity index is 1.68. The number of sulfonamides is 1. The second-order valence-corrected chi connectivity index (χ2v) is 11.0. The van der Waals surface area contributed by atoms with E-state index in [1.54, 1.807) is 11.3 Å². The number of aromatic nitrogens is 2. The van der Waals surface area contributed by atoms with Crippen LogP contribution in [0.3, 0.4) is 0 Å². The van der Waals surface area contributed by atoms with Crippen LogP contribution in [-0.4, -0.2) is 41.9 Å². The Morgan fingerprint density at radius 2 is 1.85 bits per heavy atom. The molecular formula is C23H29N5O4S2. The molecule has 0 saturated carbocycles. The van der Waals surface area contributed by atoms with E-state index in [0.717, 1.165) is 49.2 Å². The summed E-state index contributed by atoms with van der Waals surface area (Å²) in [5.74, 6) is 0.177. The van der Waals surface area contributed by atoms with E-state index in [1.807, 2.05) is 13.8 Å². The molecule has 1 amide bonds. The molecule has 3 N–H and O–H groups in total. The molecule has 0 aliphatic heterocycles. The Hall–Kier alpha value is -2.60. The summed E-state index contributed by atoms with van der Waals surface area (Å²) in [4.78, 5) is 35.5. The minimum atomic E-state index is -3.82. The molecule has 2 heterocycles. The predicted octanol–water partition coefficient (Wildman–Crippen LogP) is 2.46. The molecular weight excluding hydrogens is 474 g/mol. The van der Waals surface area contributed by atoms with Gasteiger partial charge < -0.3 is 5.32 Å². The van der Waals surface area contributed by atoms with Crippen LogP contribution in [0.2, 0.25) is 0 Å². The van der Waals surface area contributed by atoms with E-state index in [-0.39, 0.29) is 17.0 Å². The van der Waals surface area contributed by atoms with E-state index in [2.05, 4.69) is 10.2 Å². The smallest absolute Gasteiger partial charge is 0.263 e. The topological polar surface area (TPSA) is 127 Å². The normalized spacial score (nSPS) is 13.9. The van der Waals surface area contributed by atoms with Crippen LogP contribution >= 0.6 is 11.3 Å². The summed E-state index contributed by atoms with van der Waals surface area (Å²) in [7, 11) is -3.82. The van der Waals surface area contributed by atoms with Crippen molar-refractivity contribution in [3.05, 3.63) is 50.9 Å². The number of thiophene rings is 1. The number of hydrogen-bond acceptors (Lipinski definition) is 7. The highest BCUT2D eigenvalue weighted by atomic mass is 32.2. The molecule has 34 heavy (non-hydrogen) atoms. The fraction of sp³-hybridized carbons (Fsp3) is 0.435. The first kappa shape index (κ1) is 24.5. The highest BCUT2D eigenvalue weighted by Gasteiger charge is 2.23. The lowest BCUT2D eigenvalue weighted by Crippen LogP contribution is -2.34. The molecule has 0 bridgehead atoms. The lowest BCUT2D eigenvalue weighted by molar-refractivity contribution is -0.116. The van der Waals surface area contributed by atoms with E-state index < -0.39 is 15.9 Å². The van der Waals surface area contributed by atoms with Crippen molar-refractivity contribution in [2.24, 2.45) is 5.14 Å². The molecule has 1 aliphatic carbocycles. The van der Waals surface area contributed by atoms with Crippen LogP contribution in [-0.2, 0) is 40.7 Å². The number of nitrogens with two attached hydrogens (primary N) is 1. The molecule has 0 saturated heterocycles. The minimum Gasteiger partial charge on any atom is -0.325 e. The average Bonchev–Trinajstić information content (AvgIpc) is 3.18. The zero-order valence-electron chi connectivity index (χ0n) is 19.3. The zero-order chi connectivity index (χ0) is 24.5. The first-order chi connectivity index (χ1) is 16.2. The van der Waals surface area contributed by atoms with Gasteiger partial charge in [0.25, 0.3) is 5.56 Å². The van der Waals surface area contributed by atoms with Crippen LogP contribution in [0.25, 0.3) is 10.2 Å². The van der Waals surface area contributed by atoms with Crippen molar-refractivity contribution in [2.75, 3.05) is 18.4 Å². The first-order valence-corrected chi connectivity index (χ1v) is 13.8. The van der Waals surface area contributed by atoms with Gasteiger partial charge in [-0.2, -0.15) is 0 Å². The molecule has 11 heteroatoms. The minimum absolute atomic E-state index is 0.0416. The number of nitrogens with one attached hydrogen (secondary N) is 1. The molecule has 0 atom stereocenters. The summed E-state index contributed by atoms with van der Waals surface area (Å²) in [5, 5.41) is 8.51. The second kappa shape index (κ2) is 9.95. The molecule has 1 aliphatic rings. The maximum absolute atomic E-state index is 13.6. The van der Waals surface area contributed by atoms with Crippen LogP contribution in [0, 0.1) is 0 Å². The van der Waals surface area contributed by atoms with E-state index in [4.69, 9.17) is 10.1 Å². The van der Waals surface area contributed by atoms with Crippen LogP contribution < -0.4 is 16.0 Å². The number of aryl methyl sites for hydroxylation is 2. The van der Waals surface area contributed by atoms with Crippen molar-refractivity contribution >= 4 is 43.2 Å². The summed E-state index contributed by atoms with van der Waals surface area (Å²) in [5.41, 5.74) is 1.33. The highest BCUT2D eigenvalue weighted by Crippen LogP contribution is 2.33. The number of nitrogens with zero attached hydrogens (tertiary/aromatic N) is 3. The molecule has 9 nitrogen and oxygen atoms in total. The van der Waals surface area contributed by atoms with E-state index in [9.17, 15) is 18.0 Å². The van der Waals surface area contributed by atoms with Gasteiger partial charge in [0.2, 0.25) is 15.9 Å². The van der Waals surface area contributed by atoms with Crippen molar-refractivity contribution in [2.45, 2.75) is 57.5 Å². The van der Waals surface area contributed by atoms with Crippen molar-refractivity contribution < 1.29 is 13.2 Å². The quantitative estimate of drug-likeness (QED) is 0.486. The summed E-state index contributed by atoms with van der Waals surface area (Å²) in [6, 6.07) is 5.59. The van der Waals surface area contributed by atoms with Gasteiger partial charge in [-0.25, -0.2) is 18.5 Å². The van der Waals surface area contributed by atoms with Crippen LogP contribution in [0.15, 0.2) is 34.0 Å². The molecule has 0 spiro atoms. The largest absolute Gasteiger partial charge is 0.325 e. The lowest BCUT2D eigenvalue weighted by Gasteiger charge is -2.20. The number of fused-ring (bicyclic) bond motifs is 3. The monoisotopic (exact) mass is 503 g/mol. The maximum atomic E-state index is 13.6. The van der Waals surface area contributed by atoms with Crippen molar-refractivity contribution in [1.82, 2.24) is 14.5 Å². The van der Waals surface area contributed by atoms with Gasteiger partial charge in [0, 0.05) is 10.6 Å². The van der Waals surface area contributed by atoms with Crippen LogP contribution in [0.4, 0.5) is 5.69 Å². The summed E-state index contributed by atoms with van der Waals surface area (Å²) in [6.07, 6.45) is 4.00. The first-order valence-electron chi connectivity index (χ1n) is 11.4. The van der Waals surface area contributed by atoms with Gasteiger partial charge in [-0.15, -0.1) is 11.3 Å². The maximum Gasteiger partial charge on any atom is 0.263 e. The van der Waals surface area contributed by atoms with Gasteiger partial charge >= 0.3 is 0 Å². The number of hydrogen-bond donors (Lipinski definition) is 2. The Kier molecular flexibility index (Phi) is 7.17. The number of carbonyl (C=O) groups excluding carboxylic acids is 1. The molecule has 3 aromatic rings. The fourth-order valence-electron chi connectivity index (χ4n) is 4.28. The fourth-order valence-corrected chi connectivity index (χ4v) is 6.07. The summed E-state index contributed by atoms with van der Waals surface area (Å²) >= 11 is 1.60. The third-order valence-electron chi connectivity index (χ3n) is 6.18. The third kappa shape index (κ3) is 5.07. The van der Waals surface area contributed by atoms with E-state index in [1.165, 1.54) is 33.7 Å².